The van der Waals surface area contributed by atoms with Crippen LogP contribution in [-0.2, 0) is 20.9 Å². The van der Waals surface area contributed by atoms with Gasteiger partial charge < -0.3 is 24.8 Å². The quantitative estimate of drug-likeness (QED) is 0.536. The van der Waals surface area contributed by atoms with E-state index >= 15 is 0 Å². The zero-order valence-corrected chi connectivity index (χ0v) is 16.8. The molecule has 1 N–H and O–H groups in total. The molecule has 0 bridgehead atoms. The zero-order valence-electron chi connectivity index (χ0n) is 11.7. The van der Waals surface area contributed by atoms with Crippen LogP contribution in [0.4, 0.5) is 0 Å². The van der Waals surface area contributed by atoms with Crippen molar-refractivity contribution >= 4 is 20.2 Å². The van der Waals surface area contributed by atoms with Crippen LogP contribution in [0.2, 0.25) is 13.1 Å². The minimum Gasteiger partial charge on any atom is -1.00 e. The van der Waals surface area contributed by atoms with Crippen LogP contribution in [0.25, 0.3) is 10.9 Å². The normalized spacial score (nSPS) is 13.1. The van der Waals surface area contributed by atoms with Crippen molar-refractivity contribution in [1.29, 1.82) is 0 Å². The average molecular weight is 403 g/mol. The molecule has 2 aromatic rings. The summed E-state index contributed by atoms with van der Waals surface area (Å²) in [6, 6.07) is 11.1. The van der Waals surface area contributed by atoms with Crippen molar-refractivity contribution in [2.45, 2.75) is 19.5 Å². The molecule has 1 nitrogen and oxygen atoms in total. The van der Waals surface area contributed by atoms with Crippen LogP contribution in [-0.4, -0.2) is 10.9 Å². The fourth-order valence-corrected chi connectivity index (χ4v) is 20.1. The van der Waals surface area contributed by atoms with Gasteiger partial charge in [-0.1, -0.05) is 0 Å². The summed E-state index contributed by atoms with van der Waals surface area (Å²) in [5.74, 6) is -0.565. The van der Waals surface area contributed by atoms with Crippen molar-refractivity contribution in [1.82, 2.24) is 4.98 Å². The molecule has 1 aliphatic rings. The van der Waals surface area contributed by atoms with Gasteiger partial charge in [0, 0.05) is 0 Å². The largest absolute Gasteiger partial charge is 1.00 e. The van der Waals surface area contributed by atoms with E-state index in [0.717, 1.165) is 0 Å². The molecular weight excluding hydrogens is 384 g/mol. The number of para-hydroxylation sites is 1. The number of hydrogen-bond acceptors (Lipinski definition) is 0. The summed E-state index contributed by atoms with van der Waals surface area (Å²) in [7, 11) is 0. The van der Waals surface area contributed by atoms with Gasteiger partial charge in [0.15, 0.2) is 0 Å². The molecule has 20 heavy (non-hydrogen) atoms. The smallest absolute Gasteiger partial charge is 1.00 e. The summed E-state index contributed by atoms with van der Waals surface area (Å²) < 4.78 is 3.39. The van der Waals surface area contributed by atoms with Crippen LogP contribution in [0.15, 0.2) is 51.8 Å². The molecule has 105 valence electrons. The van der Waals surface area contributed by atoms with Gasteiger partial charge in [-0.3, -0.25) is 0 Å². The van der Waals surface area contributed by atoms with E-state index in [9.17, 15) is 0 Å². The van der Waals surface area contributed by atoms with E-state index in [1.807, 2.05) is 0 Å². The second-order valence-electron chi connectivity index (χ2n) is 5.16. The number of H-pyrrole nitrogens is 1. The maximum atomic E-state index is 3.71. The monoisotopic (exact) mass is 400 g/mol. The van der Waals surface area contributed by atoms with Gasteiger partial charge in [0.05, 0.1) is 0 Å². The number of aromatic amines is 1. The number of halogens is 2. The van der Waals surface area contributed by atoms with Crippen LogP contribution in [0, 0.1) is 0 Å². The van der Waals surface area contributed by atoms with Gasteiger partial charge in [-0.2, -0.15) is 0 Å². The molecule has 0 aliphatic heterocycles. The van der Waals surface area contributed by atoms with E-state index in [-0.39, 0.29) is 24.8 Å². The minimum absolute atomic E-state index is 0. The Morgan fingerprint density at radius 2 is 1.90 bits per heavy atom. The third-order valence-corrected chi connectivity index (χ3v) is 21.9. The van der Waals surface area contributed by atoms with Gasteiger partial charge in [-0.05, 0) is 0 Å². The first-order valence-electron chi connectivity index (χ1n) is 6.57. The standard InChI is InChI=1S/C8H6N.C5H5.C2H7Si.2ClH.Zr/c1-2-4-8-7(3-1)5-6-9-8;1-2-4-5-3-1;1-3-2;;;/h1-5,9H;1-3H,4H2;3H,1-2H3;2*1H;/q;;;;;+2/p-2. The van der Waals surface area contributed by atoms with E-state index in [2.05, 4.69) is 66.6 Å². The van der Waals surface area contributed by atoms with Gasteiger partial charge in [-0.25, -0.2) is 0 Å². The van der Waals surface area contributed by atoms with Crippen LogP contribution < -0.4 is 28.2 Å². The molecule has 0 radical (unpaired) electrons. The molecule has 5 heteroatoms. The Labute approximate surface area is 141 Å². The second kappa shape index (κ2) is 7.79. The van der Waals surface area contributed by atoms with Gasteiger partial charge >= 0.3 is 117 Å². The van der Waals surface area contributed by atoms with Gasteiger partial charge in [-0.15, -0.1) is 0 Å². The molecule has 0 fully saturated rings. The summed E-state index contributed by atoms with van der Waals surface area (Å²) in [4.78, 5) is 3.71. The first-order valence-corrected chi connectivity index (χ1v) is 16.2. The van der Waals surface area contributed by atoms with E-state index in [4.69, 9.17) is 0 Å². The molecule has 3 rings (SSSR count). The molecular formula is C15H18Cl2NSiZr. The number of allylic oxidation sites excluding steroid dienone is 4. The Bertz CT molecular complexity index is 601. The summed E-state index contributed by atoms with van der Waals surface area (Å²) >= 11 is -1.56. The van der Waals surface area contributed by atoms with Crippen molar-refractivity contribution in [2.24, 2.45) is 0 Å². The number of fused-ring (bicyclic) bond motifs is 1. The molecule has 0 amide bonds. The van der Waals surface area contributed by atoms with Gasteiger partial charge in [0.25, 0.3) is 0 Å². The van der Waals surface area contributed by atoms with Crippen molar-refractivity contribution in [3.63, 3.8) is 0 Å². The van der Waals surface area contributed by atoms with Crippen LogP contribution in [0.3, 0.4) is 0 Å². The minimum atomic E-state index is -1.56. The molecule has 1 aromatic carbocycles. The zero-order chi connectivity index (χ0) is 12.5. The summed E-state index contributed by atoms with van der Waals surface area (Å²) in [5.41, 5.74) is 1.31. The van der Waals surface area contributed by atoms with Gasteiger partial charge in [0.1, 0.15) is 0 Å². The Balaban J connectivity index is 0.000001000. The third kappa shape index (κ3) is 3.57. The van der Waals surface area contributed by atoms with Crippen molar-refractivity contribution in [2.75, 3.05) is 0 Å². The molecule has 0 saturated heterocycles. The molecule has 1 aliphatic carbocycles. The van der Waals surface area contributed by atoms with E-state index in [1.165, 1.54) is 17.3 Å². The van der Waals surface area contributed by atoms with Crippen LogP contribution in [0.1, 0.15) is 6.42 Å². The predicted molar refractivity (Wildman–Crippen MR) is 78.6 cm³/mol. The summed E-state index contributed by atoms with van der Waals surface area (Å²) in [6.45, 7) is 5.05. The number of benzene rings is 1. The van der Waals surface area contributed by atoms with Crippen molar-refractivity contribution in [3.8, 4) is 0 Å². The number of nitrogens with one attached hydrogen (secondary N) is 1. The average Bonchev–Trinajstić information content (AvgIpc) is 2.97. The van der Waals surface area contributed by atoms with Crippen molar-refractivity contribution in [3.05, 3.63) is 51.8 Å². The molecule has 0 saturated carbocycles. The molecule has 0 unspecified atom stereocenters. The van der Waals surface area contributed by atoms with Gasteiger partial charge in [0.2, 0.25) is 0 Å². The first-order chi connectivity index (χ1) is 8.75. The molecule has 1 heterocycles. The Hall–Kier alpha value is -0.0800. The number of hydrogen-bond donors (Lipinski definition) is 1. The Morgan fingerprint density at radius 3 is 2.50 bits per heavy atom. The Morgan fingerprint density at radius 1 is 1.15 bits per heavy atom. The van der Waals surface area contributed by atoms with Crippen LogP contribution >= 0.6 is 0 Å². The predicted octanol–water partition coefficient (Wildman–Crippen LogP) is -2.75. The third-order valence-electron chi connectivity index (χ3n) is 3.51. The van der Waals surface area contributed by atoms with E-state index in [0.29, 0.717) is 0 Å². The molecule has 0 atom stereocenters. The van der Waals surface area contributed by atoms with E-state index in [1.54, 1.807) is 6.68 Å². The topological polar surface area (TPSA) is 15.8 Å². The fraction of sp³-hybridized carbons (Fsp3) is 0.200. The SMILES string of the molecule is C[SiH](C)[Zr+2]([C]1=CC=CC1)[c]1cc2ccccc2[nH]1.[Cl-].[Cl-]. The maximum Gasteiger partial charge on any atom is -1.00 e. The number of rotatable bonds is 3. The number of aromatic nitrogens is 1. The van der Waals surface area contributed by atoms with Crippen molar-refractivity contribution < 1.29 is 45.7 Å². The van der Waals surface area contributed by atoms with Crippen LogP contribution in [0.5, 0.6) is 0 Å². The maximum absolute atomic E-state index is 3.71. The second-order valence-corrected chi connectivity index (χ2v) is 24.3. The van der Waals surface area contributed by atoms with E-state index < -0.39 is 26.8 Å². The first kappa shape index (κ1) is 18.0. The molecule has 1 aromatic heterocycles. The molecule has 0 spiro atoms. The fourth-order valence-electron chi connectivity index (χ4n) is 2.72. The Kier molecular flexibility index (Phi) is 7.00. The summed E-state index contributed by atoms with van der Waals surface area (Å²) in [5, 5.41) is 1.38. The summed E-state index contributed by atoms with van der Waals surface area (Å²) in [6.07, 6.45) is 8.17.